The molecule has 1 aliphatic carbocycles. The summed E-state index contributed by atoms with van der Waals surface area (Å²) in [6.07, 6.45) is 8.09. The zero-order valence-corrected chi connectivity index (χ0v) is 18.9. The Kier molecular flexibility index (Phi) is 5.55. The number of pyridine rings is 1. The van der Waals surface area contributed by atoms with Gasteiger partial charge in [0, 0.05) is 30.9 Å². The highest BCUT2D eigenvalue weighted by Gasteiger charge is 2.25. The lowest BCUT2D eigenvalue weighted by atomic mass is 9.86. The molecule has 8 nitrogen and oxygen atoms in total. The molecule has 0 unspecified atom stereocenters. The molecule has 0 radical (unpaired) electrons. The smallest absolute Gasteiger partial charge is 0.151 e. The summed E-state index contributed by atoms with van der Waals surface area (Å²) < 4.78 is 1.80. The molecule has 0 atom stereocenters. The Balaban J connectivity index is 1.44. The van der Waals surface area contributed by atoms with Crippen LogP contribution in [0, 0.1) is 11.3 Å². The maximum Gasteiger partial charge on any atom is 0.151 e. The molecule has 9 heteroatoms. The van der Waals surface area contributed by atoms with E-state index >= 15 is 0 Å². The van der Waals surface area contributed by atoms with Crippen molar-refractivity contribution in [2.45, 2.75) is 37.6 Å². The molecule has 1 fully saturated rings. The molecule has 0 bridgehead atoms. The Morgan fingerprint density at radius 1 is 1.09 bits per heavy atom. The van der Waals surface area contributed by atoms with Crippen LogP contribution in [0.25, 0.3) is 27.5 Å². The average molecular weight is 445 g/mol. The van der Waals surface area contributed by atoms with Gasteiger partial charge in [-0.2, -0.15) is 10.4 Å². The fourth-order valence-corrected chi connectivity index (χ4v) is 5.40. The maximum absolute atomic E-state index is 9.10. The minimum Gasteiger partial charge on any atom is -0.387 e. The molecule has 0 spiro atoms. The van der Waals surface area contributed by atoms with E-state index in [1.807, 2.05) is 44.6 Å². The third-order valence-corrected chi connectivity index (χ3v) is 7.34. The maximum atomic E-state index is 9.10. The Morgan fingerprint density at radius 2 is 1.94 bits per heavy atom. The highest BCUT2D eigenvalue weighted by molar-refractivity contribution is 7.14. The Labute approximate surface area is 190 Å². The van der Waals surface area contributed by atoms with Crippen molar-refractivity contribution in [3.05, 3.63) is 47.2 Å². The monoisotopic (exact) mass is 444 g/mol. The van der Waals surface area contributed by atoms with Gasteiger partial charge in [-0.1, -0.05) is 11.3 Å². The molecule has 0 aromatic carbocycles. The summed E-state index contributed by atoms with van der Waals surface area (Å²) in [6, 6.07) is 10.5. The average Bonchev–Trinajstić information content (AvgIpc) is 3.51. The van der Waals surface area contributed by atoms with E-state index in [1.165, 1.54) is 12.8 Å². The molecular weight excluding hydrogens is 420 g/mol. The van der Waals surface area contributed by atoms with Gasteiger partial charge in [-0.25, -0.2) is 4.52 Å². The summed E-state index contributed by atoms with van der Waals surface area (Å²) in [5, 5.41) is 31.2. The minimum atomic E-state index is 0.493. The van der Waals surface area contributed by atoms with E-state index in [0.29, 0.717) is 17.5 Å². The topological polar surface area (TPSA) is 104 Å². The fourth-order valence-electron chi connectivity index (χ4n) is 4.36. The van der Waals surface area contributed by atoms with Crippen LogP contribution in [0.3, 0.4) is 0 Å². The molecule has 0 aliphatic heterocycles. The molecular formula is C23H24N8S. The van der Waals surface area contributed by atoms with Crippen molar-refractivity contribution in [2.75, 3.05) is 19.4 Å². The van der Waals surface area contributed by atoms with Gasteiger partial charge in [-0.05, 0) is 57.0 Å². The van der Waals surface area contributed by atoms with Gasteiger partial charge in [-0.3, -0.25) is 4.98 Å². The Bertz CT molecular complexity index is 1290. The first-order valence-electron chi connectivity index (χ1n) is 10.8. The second-order valence-electron chi connectivity index (χ2n) is 8.06. The highest BCUT2D eigenvalue weighted by atomic mass is 32.1. The van der Waals surface area contributed by atoms with Gasteiger partial charge in [0.05, 0.1) is 34.2 Å². The first-order valence-corrected chi connectivity index (χ1v) is 11.6. The van der Waals surface area contributed by atoms with E-state index in [2.05, 4.69) is 32.0 Å². The van der Waals surface area contributed by atoms with E-state index in [-0.39, 0.29) is 0 Å². The van der Waals surface area contributed by atoms with Gasteiger partial charge in [0.25, 0.3) is 0 Å². The van der Waals surface area contributed by atoms with E-state index in [1.54, 1.807) is 22.0 Å². The third kappa shape index (κ3) is 3.72. The SMILES string of the molecule is CNc1cc(-c2ccc3cc(C#N)cnn23)ncc1-c1nnc([C@H]2CC[C@H](NC)CC2)s1. The lowest BCUT2D eigenvalue weighted by molar-refractivity contribution is 0.357. The zero-order valence-electron chi connectivity index (χ0n) is 18.0. The van der Waals surface area contributed by atoms with Gasteiger partial charge in [-0.15, -0.1) is 10.2 Å². The summed E-state index contributed by atoms with van der Waals surface area (Å²) >= 11 is 1.67. The van der Waals surface area contributed by atoms with Crippen LogP contribution >= 0.6 is 11.3 Å². The van der Waals surface area contributed by atoms with E-state index < -0.39 is 0 Å². The molecule has 0 amide bonds. The summed E-state index contributed by atoms with van der Waals surface area (Å²) in [4.78, 5) is 4.71. The first-order chi connectivity index (χ1) is 15.7. The second-order valence-corrected chi connectivity index (χ2v) is 9.07. The molecule has 1 saturated carbocycles. The molecule has 5 rings (SSSR count). The highest BCUT2D eigenvalue weighted by Crippen LogP contribution is 2.38. The van der Waals surface area contributed by atoms with Gasteiger partial charge in [0.1, 0.15) is 11.1 Å². The van der Waals surface area contributed by atoms with Crippen molar-refractivity contribution in [2.24, 2.45) is 0 Å². The number of aromatic nitrogens is 5. The number of hydrogen-bond acceptors (Lipinski definition) is 8. The molecule has 4 heterocycles. The summed E-state index contributed by atoms with van der Waals surface area (Å²) in [5.74, 6) is 0.493. The van der Waals surface area contributed by atoms with Gasteiger partial charge in [0.15, 0.2) is 5.01 Å². The molecule has 32 heavy (non-hydrogen) atoms. The van der Waals surface area contributed by atoms with Crippen LogP contribution in [0.15, 0.2) is 36.7 Å². The fraction of sp³-hybridized carbons (Fsp3) is 0.348. The van der Waals surface area contributed by atoms with Gasteiger partial charge >= 0.3 is 0 Å². The lowest BCUT2D eigenvalue weighted by Crippen LogP contribution is -2.29. The van der Waals surface area contributed by atoms with Crippen molar-refractivity contribution < 1.29 is 0 Å². The number of nitriles is 1. The summed E-state index contributed by atoms with van der Waals surface area (Å²) in [6.45, 7) is 0. The van der Waals surface area contributed by atoms with Gasteiger partial charge < -0.3 is 10.6 Å². The van der Waals surface area contributed by atoms with Crippen LogP contribution in [0.5, 0.6) is 0 Å². The van der Waals surface area contributed by atoms with E-state index in [9.17, 15) is 0 Å². The number of fused-ring (bicyclic) bond motifs is 1. The second kappa shape index (κ2) is 8.65. The predicted molar refractivity (Wildman–Crippen MR) is 126 cm³/mol. The Morgan fingerprint density at radius 3 is 2.69 bits per heavy atom. The minimum absolute atomic E-state index is 0.493. The molecule has 162 valence electrons. The molecule has 2 N–H and O–H groups in total. The summed E-state index contributed by atoms with van der Waals surface area (Å²) in [5.41, 5.74) is 4.95. The van der Waals surface area contributed by atoms with Crippen molar-refractivity contribution in [1.29, 1.82) is 5.26 Å². The number of nitrogens with zero attached hydrogens (tertiary/aromatic N) is 6. The number of anilines is 1. The largest absolute Gasteiger partial charge is 0.387 e. The van der Waals surface area contributed by atoms with E-state index in [0.717, 1.165) is 51.0 Å². The van der Waals surface area contributed by atoms with Crippen LogP contribution in [0.4, 0.5) is 5.69 Å². The third-order valence-electron chi connectivity index (χ3n) is 6.22. The molecule has 4 aromatic rings. The van der Waals surface area contributed by atoms with Crippen LogP contribution in [-0.2, 0) is 0 Å². The van der Waals surface area contributed by atoms with Crippen LogP contribution in [0.1, 0.15) is 42.2 Å². The number of hydrogen-bond donors (Lipinski definition) is 2. The van der Waals surface area contributed by atoms with Gasteiger partial charge in [0.2, 0.25) is 0 Å². The van der Waals surface area contributed by atoms with Crippen molar-refractivity contribution in [1.82, 2.24) is 30.1 Å². The molecule has 1 aliphatic rings. The van der Waals surface area contributed by atoms with Crippen LogP contribution in [-0.4, -0.2) is 44.9 Å². The predicted octanol–water partition coefficient (Wildman–Crippen LogP) is 4.07. The zero-order chi connectivity index (χ0) is 22.1. The Hall–Kier alpha value is -3.35. The van der Waals surface area contributed by atoms with Crippen molar-refractivity contribution in [3.63, 3.8) is 0 Å². The number of rotatable bonds is 5. The summed E-state index contributed by atoms with van der Waals surface area (Å²) in [7, 11) is 3.94. The van der Waals surface area contributed by atoms with Crippen LogP contribution < -0.4 is 10.6 Å². The molecule has 4 aromatic heterocycles. The van der Waals surface area contributed by atoms with Crippen molar-refractivity contribution >= 4 is 22.5 Å². The number of nitrogens with one attached hydrogen (secondary N) is 2. The molecule has 0 saturated heterocycles. The van der Waals surface area contributed by atoms with Crippen LogP contribution in [0.2, 0.25) is 0 Å². The standard InChI is InChI=1S/C23H24N8S/c1-25-16-5-3-15(4-6-16)22-29-30-23(32-22)18-13-27-20(10-19(18)26-2)21-8-7-17-9-14(11-24)12-28-31(17)21/h7-10,12-13,15-16,25H,3-6H2,1-2H3,(H,26,27)/t15-,16-. The van der Waals surface area contributed by atoms with Crippen molar-refractivity contribution in [3.8, 4) is 28.0 Å². The van der Waals surface area contributed by atoms with E-state index in [4.69, 9.17) is 10.2 Å². The normalized spacial score (nSPS) is 18.5. The lowest BCUT2D eigenvalue weighted by Gasteiger charge is -2.26. The first kappa shape index (κ1) is 20.5. The quantitative estimate of drug-likeness (QED) is 0.478.